The number of nitro benzene ring substituents is 1. The molecule has 0 radical (unpaired) electrons. The number of rotatable bonds is 14. The minimum absolute atomic E-state index is 0.00427. The van der Waals surface area contributed by atoms with E-state index in [0.29, 0.717) is 30.9 Å². The Bertz CT molecular complexity index is 1850. The highest BCUT2D eigenvalue weighted by Gasteiger charge is 2.40. The molecule has 0 aliphatic carbocycles. The van der Waals surface area contributed by atoms with Gasteiger partial charge in [0.25, 0.3) is 17.5 Å². The van der Waals surface area contributed by atoms with Crippen molar-refractivity contribution in [2.24, 2.45) is 0 Å². The molecule has 0 aromatic heterocycles. The third-order valence-corrected chi connectivity index (χ3v) is 8.61. The molecule has 53 heavy (non-hydrogen) atoms. The molecule has 0 saturated carbocycles. The highest BCUT2D eigenvalue weighted by molar-refractivity contribution is 6.13. The molecule has 1 fully saturated rings. The third kappa shape index (κ3) is 10.4. The van der Waals surface area contributed by atoms with Crippen LogP contribution < -0.4 is 25.0 Å². The van der Waals surface area contributed by atoms with Crippen LogP contribution in [0.25, 0.3) is 0 Å². The second kappa shape index (κ2) is 17.7. The number of methoxy groups -OCH3 is 1. The number of nitrogens with one attached hydrogen (secondary N) is 2. The number of nitro groups is 1. The van der Waals surface area contributed by atoms with Gasteiger partial charge in [0.15, 0.2) is 0 Å². The van der Waals surface area contributed by atoms with E-state index >= 15 is 0 Å². The van der Waals surface area contributed by atoms with E-state index < -0.39 is 45.8 Å². The van der Waals surface area contributed by atoms with Gasteiger partial charge in [-0.1, -0.05) is 12.1 Å². The number of aryl methyl sites for hydroxylation is 1. The van der Waals surface area contributed by atoms with E-state index in [9.17, 15) is 42.5 Å². The average Bonchev–Trinajstić information content (AvgIpc) is 3.12. The van der Waals surface area contributed by atoms with Gasteiger partial charge in [0.2, 0.25) is 5.91 Å². The molecular weight excluding hydrogens is 701 g/mol. The lowest BCUT2D eigenvalue weighted by molar-refractivity contribution is -0.384. The van der Waals surface area contributed by atoms with Crippen molar-refractivity contribution in [3.63, 3.8) is 0 Å². The van der Waals surface area contributed by atoms with Gasteiger partial charge in [0, 0.05) is 51.3 Å². The maximum atomic E-state index is 13.7. The van der Waals surface area contributed by atoms with E-state index in [0.717, 1.165) is 62.8 Å². The molecule has 2 N–H and O–H groups in total. The second-order valence-electron chi connectivity index (χ2n) is 12.5. The first kappa shape index (κ1) is 40.1. The molecule has 0 spiro atoms. The number of likely N-dealkylation sites (N-methyl/N-ethyl adjacent to an activating group) is 1. The lowest BCUT2D eigenvalue weighted by atomic mass is 10.1. The number of piperazine rings is 1. The lowest BCUT2D eigenvalue weighted by Gasteiger charge is -2.32. The summed E-state index contributed by atoms with van der Waals surface area (Å²) in [6, 6.07) is 12.4. The number of unbranched alkanes of at least 4 members (excludes halogenated alkanes) is 2. The molecule has 0 atom stereocenters. The van der Waals surface area contributed by atoms with Crippen LogP contribution in [-0.2, 0) is 9.59 Å². The van der Waals surface area contributed by atoms with Crippen molar-refractivity contribution in [3.05, 3.63) is 81.4 Å². The largest absolute Gasteiger partial charge is 0.495 e. The quantitative estimate of drug-likeness (QED) is 0.121. The summed E-state index contributed by atoms with van der Waals surface area (Å²) in [7, 11) is 4.87. The number of alkyl halides is 3. The number of carbonyl (C=O) groups excluding carboxylic acids is 4. The topological polar surface area (TPSA) is 164 Å². The summed E-state index contributed by atoms with van der Waals surface area (Å²) in [4.78, 5) is 67.0. The molecule has 17 heteroatoms. The Kier molecular flexibility index (Phi) is 13.4. The molecule has 1 heterocycles. The maximum absolute atomic E-state index is 13.7. The van der Waals surface area contributed by atoms with Crippen LogP contribution in [0.2, 0.25) is 0 Å². The van der Waals surface area contributed by atoms with E-state index in [1.807, 2.05) is 31.0 Å². The second-order valence-corrected chi connectivity index (χ2v) is 12.5. The molecule has 1 aliphatic rings. The molecular formula is C36H41F3N6O8. The van der Waals surface area contributed by atoms with E-state index in [-0.39, 0.29) is 22.9 Å². The fraction of sp³-hybridized carbons (Fsp3) is 0.389. The molecule has 0 bridgehead atoms. The minimum atomic E-state index is -5.38. The van der Waals surface area contributed by atoms with Gasteiger partial charge < -0.3 is 34.8 Å². The number of carbonyl (C=O) groups is 4. The van der Waals surface area contributed by atoms with Crippen molar-refractivity contribution in [1.82, 2.24) is 9.80 Å². The predicted octanol–water partition coefficient (Wildman–Crippen LogP) is 5.65. The van der Waals surface area contributed by atoms with Crippen LogP contribution in [0, 0.1) is 17.0 Å². The number of ether oxygens (including phenoxy) is 2. The summed E-state index contributed by atoms with van der Waals surface area (Å²) in [6.45, 7) is 5.50. The zero-order valence-corrected chi connectivity index (χ0v) is 29.7. The molecule has 284 valence electrons. The van der Waals surface area contributed by atoms with E-state index in [1.165, 1.54) is 35.5 Å². The van der Waals surface area contributed by atoms with Crippen molar-refractivity contribution in [3.8, 4) is 11.5 Å². The summed E-state index contributed by atoms with van der Waals surface area (Å²) < 4.78 is 50.4. The summed E-state index contributed by atoms with van der Waals surface area (Å²) in [5.41, 5.74) is -0.968. The fourth-order valence-electron chi connectivity index (χ4n) is 5.58. The Balaban J connectivity index is 1.42. The lowest BCUT2D eigenvalue weighted by Crippen LogP contribution is -2.47. The number of amides is 4. The normalized spacial score (nSPS) is 13.2. The molecule has 4 amide bonds. The SMILES string of the molecule is COc1cc(C(=O)N(C)c2ccc(C)cc2OCCCCCC(=O)N2CCN(C)CC2)ccc1NC(=O)c1cccc([N+](=O)[O-])c1NC(=O)C(F)(F)F. The molecule has 1 saturated heterocycles. The van der Waals surface area contributed by atoms with Gasteiger partial charge in [0.05, 0.1) is 35.6 Å². The predicted molar refractivity (Wildman–Crippen MR) is 191 cm³/mol. The standard InChI is InChI=1S/C36H41F3N6O8/c1-23-12-15-27(30(21-23)53-20-7-5-6-11-31(46)44-18-16-42(2)17-19-44)43(3)34(48)24-13-14-26(29(22-24)52-4)40-33(47)25-9-8-10-28(45(50)51)32(25)41-35(49)36(37,38)39/h8-10,12-15,21-22H,5-7,11,16-20H2,1-4H3,(H,40,47)(H,41,49). The van der Waals surface area contributed by atoms with Gasteiger partial charge in [0.1, 0.15) is 17.2 Å². The third-order valence-electron chi connectivity index (χ3n) is 8.61. The number of hydrogen-bond donors (Lipinski definition) is 2. The van der Waals surface area contributed by atoms with Crippen LogP contribution in [0.5, 0.6) is 11.5 Å². The molecule has 3 aromatic carbocycles. The summed E-state index contributed by atoms with van der Waals surface area (Å²) in [5.74, 6) is -3.42. The van der Waals surface area contributed by atoms with Crippen LogP contribution in [0.1, 0.15) is 52.0 Å². The van der Waals surface area contributed by atoms with E-state index in [2.05, 4.69) is 10.2 Å². The Morgan fingerprint density at radius 1 is 0.943 bits per heavy atom. The highest BCUT2D eigenvalue weighted by atomic mass is 19.4. The molecule has 4 rings (SSSR count). The number of hydrogen-bond acceptors (Lipinski definition) is 9. The first-order valence-electron chi connectivity index (χ1n) is 16.7. The number of anilines is 3. The fourth-order valence-corrected chi connectivity index (χ4v) is 5.58. The zero-order valence-electron chi connectivity index (χ0n) is 29.7. The molecule has 0 unspecified atom stereocenters. The Morgan fingerprint density at radius 2 is 1.66 bits per heavy atom. The Hall–Kier alpha value is -5.71. The van der Waals surface area contributed by atoms with Crippen molar-refractivity contribution in [2.75, 3.05) is 69.5 Å². The number of halogens is 3. The molecule has 1 aliphatic heterocycles. The average molecular weight is 743 g/mol. The highest BCUT2D eigenvalue weighted by Crippen LogP contribution is 2.34. The van der Waals surface area contributed by atoms with Crippen LogP contribution >= 0.6 is 0 Å². The van der Waals surface area contributed by atoms with Crippen molar-refractivity contribution >= 4 is 46.4 Å². The van der Waals surface area contributed by atoms with Crippen molar-refractivity contribution < 1.29 is 46.7 Å². The van der Waals surface area contributed by atoms with E-state index in [4.69, 9.17) is 9.47 Å². The van der Waals surface area contributed by atoms with Gasteiger partial charge in [-0.2, -0.15) is 13.2 Å². The van der Waals surface area contributed by atoms with Crippen molar-refractivity contribution in [1.29, 1.82) is 0 Å². The van der Waals surface area contributed by atoms with Crippen LogP contribution in [0.4, 0.5) is 35.9 Å². The summed E-state index contributed by atoms with van der Waals surface area (Å²) in [6.07, 6.45) is -2.65. The van der Waals surface area contributed by atoms with Gasteiger partial charge in [-0.3, -0.25) is 29.3 Å². The van der Waals surface area contributed by atoms with E-state index in [1.54, 1.807) is 13.1 Å². The van der Waals surface area contributed by atoms with Crippen LogP contribution in [0.15, 0.2) is 54.6 Å². The van der Waals surface area contributed by atoms with Crippen LogP contribution in [-0.4, -0.2) is 98.5 Å². The molecule has 14 nitrogen and oxygen atoms in total. The van der Waals surface area contributed by atoms with Gasteiger partial charge in [-0.05, 0) is 75.2 Å². The van der Waals surface area contributed by atoms with Crippen molar-refractivity contribution in [2.45, 2.75) is 38.8 Å². The first-order chi connectivity index (χ1) is 25.1. The summed E-state index contributed by atoms with van der Waals surface area (Å²) >= 11 is 0. The molecule has 3 aromatic rings. The van der Waals surface area contributed by atoms with Gasteiger partial charge in [-0.15, -0.1) is 0 Å². The maximum Gasteiger partial charge on any atom is 0.471 e. The van der Waals surface area contributed by atoms with Gasteiger partial charge in [-0.25, -0.2) is 0 Å². The number of nitrogens with zero attached hydrogens (tertiary/aromatic N) is 4. The zero-order chi connectivity index (χ0) is 38.9. The summed E-state index contributed by atoms with van der Waals surface area (Å²) in [5, 5.41) is 15.3. The smallest absolute Gasteiger partial charge is 0.471 e. The van der Waals surface area contributed by atoms with Crippen LogP contribution in [0.3, 0.4) is 0 Å². The monoisotopic (exact) mass is 742 g/mol. The minimum Gasteiger partial charge on any atom is -0.495 e. The Morgan fingerprint density at radius 3 is 2.32 bits per heavy atom. The Labute approximate surface area is 304 Å². The number of benzene rings is 3. The first-order valence-corrected chi connectivity index (χ1v) is 16.7. The number of para-hydroxylation sites is 1. The van der Waals surface area contributed by atoms with Gasteiger partial charge >= 0.3 is 12.1 Å².